The molecule has 0 saturated carbocycles. The summed E-state index contributed by atoms with van der Waals surface area (Å²) >= 11 is 0. The summed E-state index contributed by atoms with van der Waals surface area (Å²) in [5.74, 6) is 1.47. The molecule has 0 amide bonds. The predicted octanol–water partition coefficient (Wildman–Crippen LogP) is 4.79. The Bertz CT molecular complexity index is 988. The first-order valence-electron chi connectivity index (χ1n) is 10.2. The average molecular weight is 405 g/mol. The van der Waals surface area contributed by atoms with Crippen molar-refractivity contribution in [2.24, 2.45) is 0 Å². The molecule has 156 valence electrons. The van der Waals surface area contributed by atoms with Crippen LogP contribution in [0, 0.1) is 0 Å². The van der Waals surface area contributed by atoms with E-state index in [1.807, 2.05) is 31.2 Å². The van der Waals surface area contributed by atoms with Crippen LogP contribution in [0.25, 0.3) is 11.3 Å². The first kappa shape index (κ1) is 20.0. The maximum atomic E-state index is 5.90. The lowest BCUT2D eigenvalue weighted by Crippen LogP contribution is -2.44. The fourth-order valence-corrected chi connectivity index (χ4v) is 3.35. The van der Waals surface area contributed by atoms with Gasteiger partial charge in [-0.05, 0) is 55.9 Å². The fraction of sp³-hybridized carbons (Fsp3) is 0.292. The van der Waals surface area contributed by atoms with Crippen molar-refractivity contribution in [3.63, 3.8) is 0 Å². The van der Waals surface area contributed by atoms with Gasteiger partial charge in [-0.15, -0.1) is 0 Å². The van der Waals surface area contributed by atoms with E-state index in [-0.39, 0.29) is 0 Å². The molecule has 6 heteroatoms. The van der Waals surface area contributed by atoms with Gasteiger partial charge in [0.15, 0.2) is 5.76 Å². The van der Waals surface area contributed by atoms with Crippen molar-refractivity contribution >= 4 is 17.4 Å². The molecule has 2 heterocycles. The normalized spacial score (nSPS) is 14.5. The summed E-state index contributed by atoms with van der Waals surface area (Å²) < 4.78 is 11.6. The third-order valence-corrected chi connectivity index (χ3v) is 5.10. The molecule has 1 saturated heterocycles. The fourth-order valence-electron chi connectivity index (χ4n) is 3.35. The molecular weight excluding hydrogens is 376 g/mol. The minimum atomic E-state index is 0.464. The van der Waals surface area contributed by atoms with E-state index >= 15 is 0 Å². The second-order valence-corrected chi connectivity index (χ2v) is 7.77. The third-order valence-electron chi connectivity index (χ3n) is 5.10. The largest absolute Gasteiger partial charge is 0.489 e. The number of benzene rings is 2. The highest BCUT2D eigenvalue weighted by Crippen LogP contribution is 2.28. The summed E-state index contributed by atoms with van der Waals surface area (Å²) in [5, 5.41) is 3.24. The molecule has 4 rings (SSSR count). The Balaban J connectivity index is 1.40. The molecule has 2 aromatic carbocycles. The highest BCUT2D eigenvalue weighted by molar-refractivity contribution is 5.62. The van der Waals surface area contributed by atoms with Crippen LogP contribution in [0.1, 0.15) is 6.92 Å². The summed E-state index contributed by atoms with van der Waals surface area (Å²) in [6.45, 7) is 10.6. The maximum Gasteiger partial charge on any atom is 0.299 e. The van der Waals surface area contributed by atoms with E-state index in [2.05, 4.69) is 58.0 Å². The van der Waals surface area contributed by atoms with Crippen LogP contribution in [0.3, 0.4) is 0 Å². The minimum absolute atomic E-state index is 0.464. The van der Waals surface area contributed by atoms with Gasteiger partial charge in [-0.1, -0.05) is 18.7 Å². The summed E-state index contributed by atoms with van der Waals surface area (Å²) in [6.07, 6.45) is 1.72. The first-order chi connectivity index (χ1) is 14.6. The van der Waals surface area contributed by atoms with Crippen molar-refractivity contribution in [3.05, 3.63) is 66.9 Å². The highest BCUT2D eigenvalue weighted by Gasteiger charge is 2.14. The van der Waals surface area contributed by atoms with E-state index in [9.17, 15) is 0 Å². The number of anilines is 3. The number of hydrogen-bond donors (Lipinski definition) is 1. The monoisotopic (exact) mass is 404 g/mol. The molecule has 1 fully saturated rings. The number of oxazole rings is 1. The van der Waals surface area contributed by atoms with Crippen molar-refractivity contribution in [1.29, 1.82) is 0 Å². The number of rotatable bonds is 7. The molecule has 0 atom stereocenters. The topological polar surface area (TPSA) is 53.8 Å². The second-order valence-electron chi connectivity index (χ2n) is 7.77. The molecule has 30 heavy (non-hydrogen) atoms. The number of nitrogens with one attached hydrogen (secondary N) is 1. The average Bonchev–Trinajstić information content (AvgIpc) is 3.22. The molecular formula is C24H28N4O2. The van der Waals surface area contributed by atoms with Gasteiger partial charge in [-0.25, -0.2) is 4.98 Å². The Morgan fingerprint density at radius 1 is 1.13 bits per heavy atom. The quantitative estimate of drug-likeness (QED) is 0.572. The highest BCUT2D eigenvalue weighted by atomic mass is 16.5. The molecule has 0 spiro atoms. The Kier molecular flexibility index (Phi) is 6.05. The lowest BCUT2D eigenvalue weighted by Gasteiger charge is -2.34. The summed E-state index contributed by atoms with van der Waals surface area (Å²) in [5.41, 5.74) is 4.08. The van der Waals surface area contributed by atoms with Crippen molar-refractivity contribution in [2.45, 2.75) is 6.92 Å². The predicted molar refractivity (Wildman–Crippen MR) is 122 cm³/mol. The van der Waals surface area contributed by atoms with Crippen LogP contribution in [-0.4, -0.2) is 49.7 Å². The molecule has 0 radical (unpaired) electrons. The summed E-state index contributed by atoms with van der Waals surface area (Å²) in [4.78, 5) is 9.13. The molecule has 1 aliphatic rings. The first-order valence-corrected chi connectivity index (χ1v) is 10.2. The lowest BCUT2D eigenvalue weighted by atomic mass is 10.2. The van der Waals surface area contributed by atoms with Crippen LogP contribution in [0.15, 0.2) is 71.3 Å². The molecule has 0 bridgehead atoms. The zero-order valence-corrected chi connectivity index (χ0v) is 17.6. The molecule has 1 N–H and O–H groups in total. The molecule has 1 aromatic heterocycles. The second kappa shape index (κ2) is 9.05. The number of aromatic nitrogens is 1. The molecule has 0 aliphatic carbocycles. The maximum absolute atomic E-state index is 5.90. The van der Waals surface area contributed by atoms with Crippen LogP contribution in [0.2, 0.25) is 0 Å². The lowest BCUT2D eigenvalue weighted by molar-refractivity contribution is 0.313. The SMILES string of the molecule is C=C(C)COc1cccc(-c2cnc(Nc3ccc(N4CCN(C)CC4)cc3)o2)c1. The van der Waals surface area contributed by atoms with E-state index in [4.69, 9.17) is 9.15 Å². The standard InChI is InChI=1S/C24H28N4O2/c1-18(2)17-29-22-6-4-5-19(15-22)23-16-25-24(30-23)26-20-7-9-21(10-8-20)28-13-11-27(3)12-14-28/h4-10,15-16H,1,11-14,17H2,2-3H3,(H,25,26). The van der Waals surface area contributed by atoms with Gasteiger partial charge >= 0.3 is 0 Å². The summed E-state index contributed by atoms with van der Waals surface area (Å²) in [7, 11) is 2.17. The van der Waals surface area contributed by atoms with E-state index < -0.39 is 0 Å². The van der Waals surface area contributed by atoms with E-state index in [0.29, 0.717) is 18.4 Å². The van der Waals surface area contributed by atoms with Gasteiger partial charge in [0.2, 0.25) is 0 Å². The van der Waals surface area contributed by atoms with E-state index in [1.165, 1.54) is 5.69 Å². The van der Waals surface area contributed by atoms with E-state index in [0.717, 1.165) is 48.8 Å². The number of likely N-dealkylation sites (N-methyl/N-ethyl adjacent to an activating group) is 1. The van der Waals surface area contributed by atoms with Gasteiger partial charge in [-0.2, -0.15) is 0 Å². The molecule has 1 aliphatic heterocycles. The summed E-state index contributed by atoms with van der Waals surface area (Å²) in [6, 6.07) is 16.6. The molecule has 6 nitrogen and oxygen atoms in total. The van der Waals surface area contributed by atoms with Gasteiger partial charge in [0.05, 0.1) is 6.20 Å². The Hall–Kier alpha value is -3.25. The minimum Gasteiger partial charge on any atom is -0.489 e. The van der Waals surface area contributed by atoms with Crippen LogP contribution >= 0.6 is 0 Å². The van der Waals surface area contributed by atoms with Crippen LogP contribution in [-0.2, 0) is 0 Å². The van der Waals surface area contributed by atoms with Crippen molar-refractivity contribution < 1.29 is 9.15 Å². The number of hydrogen-bond acceptors (Lipinski definition) is 6. The molecule has 3 aromatic rings. The van der Waals surface area contributed by atoms with Gasteiger partial charge in [0.25, 0.3) is 6.01 Å². The van der Waals surface area contributed by atoms with Crippen molar-refractivity contribution in [1.82, 2.24) is 9.88 Å². The third kappa shape index (κ3) is 5.02. The number of nitrogens with zero attached hydrogens (tertiary/aromatic N) is 3. The zero-order chi connectivity index (χ0) is 20.9. The smallest absolute Gasteiger partial charge is 0.299 e. The van der Waals surface area contributed by atoms with Crippen molar-refractivity contribution in [2.75, 3.05) is 50.1 Å². The van der Waals surface area contributed by atoms with Crippen LogP contribution < -0.4 is 15.0 Å². The van der Waals surface area contributed by atoms with Gasteiger partial charge in [0, 0.05) is 43.1 Å². The number of piperazine rings is 1. The van der Waals surface area contributed by atoms with Gasteiger partial charge in [-0.3, -0.25) is 0 Å². The molecule has 0 unspecified atom stereocenters. The Morgan fingerprint density at radius 3 is 2.63 bits per heavy atom. The Labute approximate surface area is 177 Å². The van der Waals surface area contributed by atoms with E-state index in [1.54, 1.807) is 6.20 Å². The van der Waals surface area contributed by atoms with Crippen LogP contribution in [0.5, 0.6) is 5.75 Å². The number of ether oxygens (including phenoxy) is 1. The van der Waals surface area contributed by atoms with Crippen molar-refractivity contribution in [3.8, 4) is 17.1 Å². The Morgan fingerprint density at radius 2 is 1.90 bits per heavy atom. The van der Waals surface area contributed by atoms with Gasteiger partial charge in [0.1, 0.15) is 12.4 Å². The van der Waals surface area contributed by atoms with Crippen LogP contribution in [0.4, 0.5) is 17.4 Å². The zero-order valence-electron chi connectivity index (χ0n) is 17.6. The van der Waals surface area contributed by atoms with Gasteiger partial charge < -0.3 is 24.3 Å².